The van der Waals surface area contributed by atoms with Crippen molar-refractivity contribution in [3.05, 3.63) is 29.8 Å². The molecule has 0 bridgehead atoms. The molecule has 0 spiro atoms. The predicted molar refractivity (Wildman–Crippen MR) is 81.0 cm³/mol. The molecule has 0 fully saturated rings. The van der Waals surface area contributed by atoms with Gasteiger partial charge in [-0.05, 0) is 39.8 Å². The number of hydrogen-bond donors (Lipinski definition) is 3. The van der Waals surface area contributed by atoms with Crippen molar-refractivity contribution < 1.29 is 14.4 Å². The zero-order valence-corrected chi connectivity index (χ0v) is 12.7. The van der Waals surface area contributed by atoms with Crippen molar-refractivity contribution in [2.24, 2.45) is 0 Å². The number of amides is 3. The Kier molecular flexibility index (Phi) is 5.90. The number of hydrogen-bond acceptors (Lipinski definition) is 3. The van der Waals surface area contributed by atoms with E-state index < -0.39 is 11.8 Å². The van der Waals surface area contributed by atoms with Crippen molar-refractivity contribution >= 4 is 23.4 Å². The quantitative estimate of drug-likeness (QED) is 0.730. The molecule has 21 heavy (non-hydrogen) atoms. The predicted octanol–water partition coefficient (Wildman–Crippen LogP) is 1.29. The molecular weight excluding hydrogens is 270 g/mol. The largest absolute Gasteiger partial charge is 0.350 e. The fourth-order valence-electron chi connectivity index (χ4n) is 1.64. The molecule has 0 atom stereocenters. The number of carbonyl (C=O) groups is 3. The minimum Gasteiger partial charge on any atom is -0.350 e. The first-order valence-electron chi connectivity index (χ1n) is 6.83. The summed E-state index contributed by atoms with van der Waals surface area (Å²) in [6.07, 6.45) is 0. The molecule has 0 saturated carbocycles. The van der Waals surface area contributed by atoms with Gasteiger partial charge in [-0.3, -0.25) is 14.4 Å². The lowest BCUT2D eigenvalue weighted by atomic mass is 10.1. The molecule has 114 valence electrons. The highest BCUT2D eigenvalue weighted by molar-refractivity contribution is 6.40. The third-order valence-electron chi connectivity index (χ3n) is 2.47. The van der Waals surface area contributed by atoms with E-state index in [1.54, 1.807) is 38.1 Å². The molecule has 0 heterocycles. The van der Waals surface area contributed by atoms with Crippen molar-refractivity contribution in [1.82, 2.24) is 10.6 Å². The molecule has 0 aliphatic heterocycles. The molecule has 1 aromatic rings. The van der Waals surface area contributed by atoms with E-state index in [4.69, 9.17) is 0 Å². The summed E-state index contributed by atoms with van der Waals surface area (Å²) in [5.41, 5.74) is 0.622. The lowest BCUT2D eigenvalue weighted by molar-refractivity contribution is -0.136. The molecule has 0 radical (unpaired) electrons. The second-order valence-corrected chi connectivity index (χ2v) is 5.26. The summed E-state index contributed by atoms with van der Waals surface area (Å²) in [5, 5.41) is 7.69. The second kappa shape index (κ2) is 7.42. The Morgan fingerprint density at radius 2 is 1.43 bits per heavy atom. The van der Waals surface area contributed by atoms with Gasteiger partial charge in [-0.25, -0.2) is 0 Å². The van der Waals surface area contributed by atoms with E-state index in [0.717, 1.165) is 0 Å². The Morgan fingerprint density at radius 1 is 0.857 bits per heavy atom. The van der Waals surface area contributed by atoms with Gasteiger partial charge >= 0.3 is 11.8 Å². The molecular formula is C15H21N3O3. The summed E-state index contributed by atoms with van der Waals surface area (Å²) < 4.78 is 0. The van der Waals surface area contributed by atoms with Gasteiger partial charge in [0.15, 0.2) is 0 Å². The molecule has 0 aromatic heterocycles. The zero-order chi connectivity index (χ0) is 16.0. The van der Waals surface area contributed by atoms with Crippen LogP contribution in [0.1, 0.15) is 38.1 Å². The monoisotopic (exact) mass is 291 g/mol. The van der Waals surface area contributed by atoms with Gasteiger partial charge in [0.1, 0.15) is 0 Å². The highest BCUT2D eigenvalue weighted by Gasteiger charge is 2.18. The molecule has 3 N–H and O–H groups in total. The third-order valence-corrected chi connectivity index (χ3v) is 2.47. The van der Waals surface area contributed by atoms with E-state index >= 15 is 0 Å². The van der Waals surface area contributed by atoms with E-state index in [0.29, 0.717) is 11.3 Å². The fourth-order valence-corrected chi connectivity index (χ4v) is 1.64. The summed E-state index contributed by atoms with van der Waals surface area (Å²) in [5.74, 6) is -1.83. The Hall–Kier alpha value is -2.37. The van der Waals surface area contributed by atoms with Crippen LogP contribution in [0.15, 0.2) is 24.3 Å². The maximum absolute atomic E-state index is 12.0. The number of nitrogens with one attached hydrogen (secondary N) is 3. The first kappa shape index (κ1) is 16.7. The third kappa shape index (κ3) is 5.25. The molecule has 1 aromatic carbocycles. The van der Waals surface area contributed by atoms with Gasteiger partial charge in [0, 0.05) is 12.1 Å². The summed E-state index contributed by atoms with van der Waals surface area (Å²) in [4.78, 5) is 35.4. The van der Waals surface area contributed by atoms with Gasteiger partial charge in [-0.1, -0.05) is 12.1 Å². The minimum atomic E-state index is -0.798. The van der Waals surface area contributed by atoms with Crippen molar-refractivity contribution in [3.63, 3.8) is 0 Å². The van der Waals surface area contributed by atoms with Crippen LogP contribution in [-0.4, -0.2) is 29.8 Å². The maximum Gasteiger partial charge on any atom is 0.313 e. The Morgan fingerprint density at radius 3 is 2.00 bits per heavy atom. The first-order chi connectivity index (χ1) is 9.81. The molecule has 6 heteroatoms. The molecule has 0 aliphatic carbocycles. The van der Waals surface area contributed by atoms with Crippen molar-refractivity contribution in [2.75, 3.05) is 5.32 Å². The summed E-state index contributed by atoms with van der Waals surface area (Å²) in [6, 6.07) is 6.39. The summed E-state index contributed by atoms with van der Waals surface area (Å²) in [6.45, 7) is 7.20. The average molecular weight is 291 g/mol. The smallest absolute Gasteiger partial charge is 0.313 e. The highest BCUT2D eigenvalue weighted by Crippen LogP contribution is 2.15. The van der Waals surface area contributed by atoms with Crippen LogP contribution in [0.25, 0.3) is 0 Å². The molecule has 1 rings (SSSR count). The topological polar surface area (TPSA) is 87.3 Å². The number of benzene rings is 1. The molecule has 3 amide bonds. The van der Waals surface area contributed by atoms with Gasteiger partial charge in [0.05, 0.1) is 11.3 Å². The Bertz CT molecular complexity index is 539. The minimum absolute atomic E-state index is 0.0227. The molecule has 0 saturated heterocycles. The van der Waals surface area contributed by atoms with Crippen LogP contribution in [0.3, 0.4) is 0 Å². The lowest BCUT2D eigenvalue weighted by Gasteiger charge is -2.13. The molecule has 0 unspecified atom stereocenters. The Balaban J connectivity index is 2.87. The van der Waals surface area contributed by atoms with Crippen LogP contribution in [0.2, 0.25) is 0 Å². The average Bonchev–Trinajstić information content (AvgIpc) is 2.37. The summed E-state index contributed by atoms with van der Waals surface area (Å²) >= 11 is 0. The number of para-hydroxylation sites is 1. The van der Waals surface area contributed by atoms with Gasteiger partial charge in [0.25, 0.3) is 5.91 Å². The fraction of sp³-hybridized carbons (Fsp3) is 0.400. The van der Waals surface area contributed by atoms with Crippen molar-refractivity contribution in [1.29, 1.82) is 0 Å². The maximum atomic E-state index is 12.0. The van der Waals surface area contributed by atoms with E-state index in [9.17, 15) is 14.4 Å². The molecule has 6 nitrogen and oxygen atoms in total. The zero-order valence-electron chi connectivity index (χ0n) is 12.7. The van der Waals surface area contributed by atoms with Crippen LogP contribution < -0.4 is 16.0 Å². The number of carbonyl (C=O) groups excluding carboxylic acids is 3. The van der Waals surface area contributed by atoms with Crippen molar-refractivity contribution in [2.45, 2.75) is 39.8 Å². The van der Waals surface area contributed by atoms with Crippen LogP contribution >= 0.6 is 0 Å². The second-order valence-electron chi connectivity index (χ2n) is 5.26. The highest BCUT2D eigenvalue weighted by atomic mass is 16.2. The Labute approximate surface area is 124 Å². The van der Waals surface area contributed by atoms with E-state index in [1.165, 1.54) is 0 Å². The number of rotatable bonds is 4. The van der Waals surface area contributed by atoms with E-state index in [-0.39, 0.29) is 18.0 Å². The van der Waals surface area contributed by atoms with Gasteiger partial charge < -0.3 is 16.0 Å². The van der Waals surface area contributed by atoms with Crippen LogP contribution in [-0.2, 0) is 9.59 Å². The standard InChI is InChI=1S/C15H21N3O3/c1-9(2)16-13(19)11-7-5-6-8-12(11)18-15(21)14(20)17-10(3)4/h5-10H,1-4H3,(H,16,19)(H,17,20)(H,18,21). The van der Waals surface area contributed by atoms with E-state index in [2.05, 4.69) is 16.0 Å². The van der Waals surface area contributed by atoms with Crippen LogP contribution in [0.4, 0.5) is 5.69 Å². The van der Waals surface area contributed by atoms with Crippen LogP contribution in [0, 0.1) is 0 Å². The van der Waals surface area contributed by atoms with Gasteiger partial charge in [0.2, 0.25) is 0 Å². The number of anilines is 1. The molecule has 0 aliphatic rings. The van der Waals surface area contributed by atoms with Crippen molar-refractivity contribution in [3.8, 4) is 0 Å². The normalized spacial score (nSPS) is 10.4. The van der Waals surface area contributed by atoms with Crippen LogP contribution in [0.5, 0.6) is 0 Å². The first-order valence-corrected chi connectivity index (χ1v) is 6.83. The van der Waals surface area contributed by atoms with Gasteiger partial charge in [-0.2, -0.15) is 0 Å². The lowest BCUT2D eigenvalue weighted by Crippen LogP contribution is -2.39. The van der Waals surface area contributed by atoms with E-state index in [1.807, 2.05) is 13.8 Å². The SMILES string of the molecule is CC(C)NC(=O)C(=O)Nc1ccccc1C(=O)NC(C)C. The van der Waals surface area contributed by atoms with Gasteiger partial charge in [-0.15, -0.1) is 0 Å². The summed E-state index contributed by atoms with van der Waals surface area (Å²) in [7, 11) is 0.